The van der Waals surface area contributed by atoms with Crippen LogP contribution < -0.4 is 10.6 Å². The van der Waals surface area contributed by atoms with Gasteiger partial charge < -0.3 is 10.6 Å². The number of nitrogens with one attached hydrogen (secondary N) is 2. The maximum atomic E-state index is 11.2. The van der Waals surface area contributed by atoms with Crippen LogP contribution in [0.1, 0.15) is 4.88 Å². The Labute approximate surface area is 117 Å². The van der Waals surface area contributed by atoms with Gasteiger partial charge in [-0.2, -0.15) is 5.10 Å². The molecule has 0 unspecified atom stereocenters. The molecule has 18 heavy (non-hydrogen) atoms. The second-order valence-electron chi connectivity index (χ2n) is 3.68. The Balaban J connectivity index is 1.88. The molecule has 0 spiro atoms. The SMILES string of the molecule is CNC(=O)Cn1cc(NCc2cc(Br)cs2)cn1. The van der Waals surface area contributed by atoms with Crippen LogP contribution in [0.15, 0.2) is 28.3 Å². The number of nitrogens with zero attached hydrogens (tertiary/aromatic N) is 2. The fourth-order valence-electron chi connectivity index (χ4n) is 1.40. The van der Waals surface area contributed by atoms with E-state index < -0.39 is 0 Å². The first kappa shape index (κ1) is 13.1. The fourth-order valence-corrected chi connectivity index (χ4v) is 2.79. The van der Waals surface area contributed by atoms with Crippen LogP contribution in [0.25, 0.3) is 0 Å². The Hall–Kier alpha value is -1.34. The molecule has 0 aliphatic carbocycles. The third-order valence-electron chi connectivity index (χ3n) is 2.31. The molecule has 2 N–H and O–H groups in total. The average molecular weight is 329 g/mol. The van der Waals surface area contributed by atoms with Gasteiger partial charge in [0.15, 0.2) is 0 Å². The molecule has 0 radical (unpaired) electrons. The van der Waals surface area contributed by atoms with E-state index in [2.05, 4.69) is 37.7 Å². The van der Waals surface area contributed by atoms with Crippen LogP contribution in [-0.2, 0) is 17.9 Å². The summed E-state index contributed by atoms with van der Waals surface area (Å²) in [6, 6.07) is 2.08. The second kappa shape index (κ2) is 6.01. The maximum Gasteiger partial charge on any atom is 0.241 e. The molecule has 5 nitrogen and oxygen atoms in total. The second-order valence-corrected chi connectivity index (χ2v) is 5.60. The van der Waals surface area contributed by atoms with Crippen molar-refractivity contribution in [1.29, 1.82) is 0 Å². The molecule has 7 heteroatoms. The Morgan fingerprint density at radius 3 is 3.11 bits per heavy atom. The molecule has 0 aliphatic rings. The average Bonchev–Trinajstić information content (AvgIpc) is 2.96. The first-order valence-corrected chi connectivity index (χ1v) is 7.04. The monoisotopic (exact) mass is 328 g/mol. The molecule has 0 saturated carbocycles. The van der Waals surface area contributed by atoms with Crippen molar-refractivity contribution in [2.24, 2.45) is 0 Å². The van der Waals surface area contributed by atoms with Crippen molar-refractivity contribution in [3.05, 3.63) is 33.2 Å². The first-order valence-electron chi connectivity index (χ1n) is 5.37. The third-order valence-corrected chi connectivity index (χ3v) is 4.00. The van der Waals surface area contributed by atoms with Crippen LogP contribution in [0.3, 0.4) is 0 Å². The summed E-state index contributed by atoms with van der Waals surface area (Å²) < 4.78 is 2.70. The number of carbonyl (C=O) groups excluding carboxylic acids is 1. The number of aromatic nitrogens is 2. The van der Waals surface area contributed by atoms with Crippen molar-refractivity contribution in [3.63, 3.8) is 0 Å². The number of hydrogen-bond donors (Lipinski definition) is 2. The molecule has 0 bridgehead atoms. The smallest absolute Gasteiger partial charge is 0.241 e. The van der Waals surface area contributed by atoms with Crippen LogP contribution in [-0.4, -0.2) is 22.7 Å². The van der Waals surface area contributed by atoms with Crippen LogP contribution in [0.4, 0.5) is 5.69 Å². The highest BCUT2D eigenvalue weighted by molar-refractivity contribution is 9.10. The van der Waals surface area contributed by atoms with Gasteiger partial charge >= 0.3 is 0 Å². The molecule has 96 valence electrons. The molecule has 2 heterocycles. The highest BCUT2D eigenvalue weighted by Crippen LogP contribution is 2.20. The Morgan fingerprint density at radius 1 is 1.61 bits per heavy atom. The van der Waals surface area contributed by atoms with E-state index in [9.17, 15) is 4.79 Å². The van der Waals surface area contributed by atoms with Crippen molar-refractivity contribution in [3.8, 4) is 0 Å². The predicted molar refractivity (Wildman–Crippen MR) is 75.6 cm³/mol. The van der Waals surface area contributed by atoms with Gasteiger partial charge in [-0.15, -0.1) is 11.3 Å². The third kappa shape index (κ3) is 3.58. The van der Waals surface area contributed by atoms with Gasteiger partial charge in [-0.3, -0.25) is 9.48 Å². The molecular formula is C11H13BrN4OS. The zero-order valence-corrected chi connectivity index (χ0v) is 12.2. The lowest BCUT2D eigenvalue weighted by Gasteiger charge is -2.01. The standard InChI is InChI=1S/C11H13BrN4OS/c1-13-11(17)6-16-5-9(3-15-16)14-4-10-2-8(12)7-18-10/h2-3,5,7,14H,4,6H2,1H3,(H,13,17). The van der Waals surface area contributed by atoms with E-state index in [-0.39, 0.29) is 12.5 Å². The predicted octanol–water partition coefficient (Wildman–Crippen LogP) is 2.07. The van der Waals surface area contributed by atoms with E-state index in [0.717, 1.165) is 16.7 Å². The number of hydrogen-bond acceptors (Lipinski definition) is 4. The minimum atomic E-state index is -0.0631. The summed E-state index contributed by atoms with van der Waals surface area (Å²) in [5, 5.41) is 12.0. The molecular weight excluding hydrogens is 316 g/mol. The van der Waals surface area contributed by atoms with Crippen molar-refractivity contribution in [1.82, 2.24) is 15.1 Å². The molecule has 0 aromatic carbocycles. The first-order chi connectivity index (χ1) is 8.67. The topological polar surface area (TPSA) is 59.0 Å². The summed E-state index contributed by atoms with van der Waals surface area (Å²) in [5.41, 5.74) is 0.906. The summed E-state index contributed by atoms with van der Waals surface area (Å²) in [4.78, 5) is 12.4. The van der Waals surface area contributed by atoms with Gasteiger partial charge in [0.25, 0.3) is 0 Å². The summed E-state index contributed by atoms with van der Waals surface area (Å²) in [6.07, 6.45) is 3.53. The van der Waals surface area contributed by atoms with Gasteiger partial charge in [-0.25, -0.2) is 0 Å². The molecule has 0 saturated heterocycles. The normalized spacial score (nSPS) is 10.3. The highest BCUT2D eigenvalue weighted by Gasteiger charge is 2.03. The summed E-state index contributed by atoms with van der Waals surface area (Å²) in [7, 11) is 1.61. The lowest BCUT2D eigenvalue weighted by Crippen LogP contribution is -2.23. The summed E-state index contributed by atoms with van der Waals surface area (Å²) in [5.74, 6) is -0.0631. The number of amides is 1. The van der Waals surface area contributed by atoms with Gasteiger partial charge in [0, 0.05) is 34.5 Å². The number of likely N-dealkylation sites (N-methyl/N-ethyl adjacent to an activating group) is 1. The van der Waals surface area contributed by atoms with Crippen LogP contribution >= 0.6 is 27.3 Å². The minimum Gasteiger partial charge on any atom is -0.378 e. The molecule has 0 atom stereocenters. The quantitative estimate of drug-likeness (QED) is 0.883. The molecule has 2 aromatic rings. The van der Waals surface area contributed by atoms with Crippen LogP contribution in [0.5, 0.6) is 0 Å². The molecule has 2 rings (SSSR count). The Kier molecular flexibility index (Phi) is 4.38. The van der Waals surface area contributed by atoms with Crippen molar-refractivity contribution in [2.45, 2.75) is 13.1 Å². The molecule has 0 fully saturated rings. The zero-order chi connectivity index (χ0) is 13.0. The summed E-state index contributed by atoms with van der Waals surface area (Å²) in [6.45, 7) is 0.991. The van der Waals surface area contributed by atoms with Gasteiger partial charge in [0.1, 0.15) is 6.54 Å². The Morgan fingerprint density at radius 2 is 2.44 bits per heavy atom. The van der Waals surface area contributed by atoms with Crippen LogP contribution in [0, 0.1) is 0 Å². The van der Waals surface area contributed by atoms with Crippen LogP contribution in [0.2, 0.25) is 0 Å². The highest BCUT2D eigenvalue weighted by atomic mass is 79.9. The maximum absolute atomic E-state index is 11.2. The lowest BCUT2D eigenvalue weighted by molar-refractivity contribution is -0.121. The molecule has 1 amide bonds. The number of halogens is 1. The minimum absolute atomic E-state index is 0.0631. The van der Waals surface area contributed by atoms with E-state index in [0.29, 0.717) is 0 Å². The zero-order valence-electron chi connectivity index (χ0n) is 9.81. The van der Waals surface area contributed by atoms with E-state index in [1.54, 1.807) is 29.3 Å². The number of rotatable bonds is 5. The van der Waals surface area contributed by atoms with E-state index in [1.807, 2.05) is 11.6 Å². The fraction of sp³-hybridized carbons (Fsp3) is 0.273. The van der Waals surface area contributed by atoms with E-state index >= 15 is 0 Å². The molecule has 2 aromatic heterocycles. The van der Waals surface area contributed by atoms with Gasteiger partial charge in [-0.05, 0) is 22.0 Å². The Bertz CT molecular complexity index is 537. The molecule has 0 aliphatic heterocycles. The van der Waals surface area contributed by atoms with Gasteiger partial charge in [0.05, 0.1) is 11.9 Å². The lowest BCUT2D eigenvalue weighted by atomic mass is 10.4. The summed E-state index contributed by atoms with van der Waals surface area (Å²) >= 11 is 5.11. The largest absolute Gasteiger partial charge is 0.378 e. The van der Waals surface area contributed by atoms with Gasteiger partial charge in [0.2, 0.25) is 5.91 Å². The van der Waals surface area contributed by atoms with E-state index in [4.69, 9.17) is 0 Å². The number of thiophene rings is 1. The number of anilines is 1. The van der Waals surface area contributed by atoms with E-state index in [1.165, 1.54) is 4.88 Å². The van der Waals surface area contributed by atoms with Crippen molar-refractivity contribution in [2.75, 3.05) is 12.4 Å². The van der Waals surface area contributed by atoms with Crippen molar-refractivity contribution >= 4 is 38.9 Å². The van der Waals surface area contributed by atoms with Gasteiger partial charge in [-0.1, -0.05) is 0 Å². The number of carbonyl (C=O) groups is 1. The van der Waals surface area contributed by atoms with Crippen molar-refractivity contribution < 1.29 is 4.79 Å².